The highest BCUT2D eigenvalue weighted by atomic mass is 32.2. The highest BCUT2D eigenvalue weighted by molar-refractivity contribution is 7.83. The predicted octanol–water partition coefficient (Wildman–Crippen LogP) is 2.01. The highest BCUT2D eigenvalue weighted by Gasteiger charge is 2.20. The molecular weight excluding hydrogens is 220 g/mol. The monoisotopic (exact) mass is 232 g/mol. The van der Waals surface area contributed by atoms with Crippen LogP contribution in [0.4, 0.5) is 0 Å². The van der Waals surface area contributed by atoms with Crippen LogP contribution in [0.25, 0.3) is 11.0 Å². The van der Waals surface area contributed by atoms with E-state index in [-0.39, 0.29) is 0 Å². The van der Waals surface area contributed by atoms with E-state index in [2.05, 4.69) is 35.9 Å². The fourth-order valence-corrected chi connectivity index (χ4v) is 3.15. The molecule has 3 nitrogen and oxygen atoms in total. The molecule has 0 saturated heterocycles. The SMILES string of the molecule is Cc1cc2nc3c(nc2cc1C)CS(=O)C3. The minimum atomic E-state index is -0.803. The van der Waals surface area contributed by atoms with Gasteiger partial charge in [-0.05, 0) is 37.1 Å². The third-order valence-electron chi connectivity index (χ3n) is 3.03. The third kappa shape index (κ3) is 1.45. The van der Waals surface area contributed by atoms with Crippen LogP contribution in [-0.2, 0) is 22.3 Å². The molecule has 2 heterocycles. The Labute approximate surface area is 96.4 Å². The Hall–Kier alpha value is -1.29. The van der Waals surface area contributed by atoms with Gasteiger partial charge in [-0.25, -0.2) is 9.97 Å². The maximum absolute atomic E-state index is 11.4. The lowest BCUT2D eigenvalue weighted by molar-refractivity contribution is 0.684. The zero-order valence-corrected chi connectivity index (χ0v) is 10.1. The Morgan fingerprint density at radius 1 is 1.00 bits per heavy atom. The van der Waals surface area contributed by atoms with Gasteiger partial charge in [-0.15, -0.1) is 0 Å². The van der Waals surface area contributed by atoms with Crippen molar-refractivity contribution < 1.29 is 4.21 Å². The van der Waals surface area contributed by atoms with E-state index >= 15 is 0 Å². The van der Waals surface area contributed by atoms with Crippen molar-refractivity contribution in [3.05, 3.63) is 34.6 Å². The summed E-state index contributed by atoms with van der Waals surface area (Å²) in [6.07, 6.45) is 0. The molecule has 0 bridgehead atoms. The Morgan fingerprint density at radius 2 is 1.44 bits per heavy atom. The van der Waals surface area contributed by atoms with Gasteiger partial charge in [0.2, 0.25) is 0 Å². The number of rotatable bonds is 0. The molecule has 16 heavy (non-hydrogen) atoms. The van der Waals surface area contributed by atoms with Crippen molar-refractivity contribution in [1.82, 2.24) is 9.97 Å². The van der Waals surface area contributed by atoms with E-state index in [1.165, 1.54) is 11.1 Å². The average molecular weight is 232 g/mol. The maximum Gasteiger partial charge on any atom is 0.0893 e. The first-order chi connectivity index (χ1) is 7.63. The fourth-order valence-electron chi connectivity index (χ4n) is 1.97. The summed E-state index contributed by atoms with van der Waals surface area (Å²) in [6.45, 7) is 4.14. The molecule has 0 atom stereocenters. The van der Waals surface area contributed by atoms with Crippen molar-refractivity contribution in [2.75, 3.05) is 0 Å². The first-order valence-corrected chi connectivity index (χ1v) is 6.74. The molecule has 0 fully saturated rings. The maximum atomic E-state index is 11.4. The van der Waals surface area contributed by atoms with Crippen molar-refractivity contribution in [3.8, 4) is 0 Å². The van der Waals surface area contributed by atoms with Gasteiger partial charge in [0.15, 0.2) is 0 Å². The van der Waals surface area contributed by atoms with Crippen molar-refractivity contribution in [2.45, 2.75) is 25.4 Å². The lowest BCUT2D eigenvalue weighted by atomic mass is 10.1. The van der Waals surface area contributed by atoms with Crippen LogP contribution in [0.15, 0.2) is 12.1 Å². The quantitative estimate of drug-likeness (QED) is 0.698. The van der Waals surface area contributed by atoms with Crippen molar-refractivity contribution in [1.29, 1.82) is 0 Å². The molecule has 1 aliphatic rings. The van der Waals surface area contributed by atoms with Crippen LogP contribution in [0, 0.1) is 13.8 Å². The van der Waals surface area contributed by atoms with Crippen LogP contribution in [0.5, 0.6) is 0 Å². The van der Waals surface area contributed by atoms with Gasteiger partial charge in [0, 0.05) is 10.8 Å². The van der Waals surface area contributed by atoms with E-state index in [0.717, 1.165) is 22.4 Å². The van der Waals surface area contributed by atoms with Gasteiger partial charge < -0.3 is 0 Å². The van der Waals surface area contributed by atoms with Crippen LogP contribution in [0.3, 0.4) is 0 Å². The predicted molar refractivity (Wildman–Crippen MR) is 64.6 cm³/mol. The average Bonchev–Trinajstić information content (AvgIpc) is 2.56. The summed E-state index contributed by atoms with van der Waals surface area (Å²) in [4.78, 5) is 9.11. The molecule has 0 spiro atoms. The largest absolute Gasteiger partial charge is 0.259 e. The number of nitrogens with zero attached hydrogens (tertiary/aromatic N) is 2. The van der Waals surface area contributed by atoms with E-state index in [9.17, 15) is 4.21 Å². The molecule has 4 heteroatoms. The van der Waals surface area contributed by atoms with E-state index in [1.54, 1.807) is 0 Å². The summed E-state index contributed by atoms with van der Waals surface area (Å²) in [5, 5.41) is 0. The van der Waals surface area contributed by atoms with Crippen molar-refractivity contribution in [2.24, 2.45) is 0 Å². The van der Waals surface area contributed by atoms with Gasteiger partial charge in [0.25, 0.3) is 0 Å². The smallest absolute Gasteiger partial charge is 0.0893 e. The molecule has 0 unspecified atom stereocenters. The first kappa shape index (κ1) is 9.90. The van der Waals surface area contributed by atoms with Gasteiger partial charge >= 0.3 is 0 Å². The standard InChI is InChI=1S/C12H12N2OS/c1-7-3-9-10(4-8(7)2)14-12-6-16(15)5-11(12)13-9/h3-4H,5-6H2,1-2H3. The molecule has 1 aliphatic heterocycles. The van der Waals surface area contributed by atoms with Crippen LogP contribution in [0.1, 0.15) is 22.5 Å². The van der Waals surface area contributed by atoms with Crippen LogP contribution < -0.4 is 0 Å². The summed E-state index contributed by atoms with van der Waals surface area (Å²) in [7, 11) is -0.803. The molecule has 1 aromatic carbocycles. The Balaban J connectivity index is 2.30. The molecule has 3 rings (SSSR count). The summed E-state index contributed by atoms with van der Waals surface area (Å²) < 4.78 is 11.4. The molecule has 2 aromatic rings. The molecule has 1 aromatic heterocycles. The topological polar surface area (TPSA) is 42.9 Å². The summed E-state index contributed by atoms with van der Waals surface area (Å²) >= 11 is 0. The van der Waals surface area contributed by atoms with E-state index in [0.29, 0.717) is 11.5 Å². The molecule has 0 amide bonds. The molecule has 0 aliphatic carbocycles. The number of fused-ring (bicyclic) bond motifs is 2. The van der Waals surface area contributed by atoms with E-state index in [4.69, 9.17) is 0 Å². The second-order valence-corrected chi connectivity index (χ2v) is 5.73. The highest BCUT2D eigenvalue weighted by Crippen LogP contribution is 2.23. The van der Waals surface area contributed by atoms with Crippen LogP contribution in [-0.4, -0.2) is 14.2 Å². The van der Waals surface area contributed by atoms with Gasteiger partial charge in [-0.2, -0.15) is 0 Å². The van der Waals surface area contributed by atoms with Gasteiger partial charge in [0.05, 0.1) is 33.9 Å². The lowest BCUT2D eigenvalue weighted by Crippen LogP contribution is -1.95. The Bertz CT molecular complexity index is 569. The summed E-state index contributed by atoms with van der Waals surface area (Å²) in [6, 6.07) is 4.11. The minimum Gasteiger partial charge on any atom is -0.259 e. The second kappa shape index (κ2) is 3.35. The van der Waals surface area contributed by atoms with Gasteiger partial charge in [-0.1, -0.05) is 0 Å². The molecule has 82 valence electrons. The van der Waals surface area contributed by atoms with Gasteiger partial charge in [0.1, 0.15) is 0 Å². The van der Waals surface area contributed by atoms with Crippen molar-refractivity contribution in [3.63, 3.8) is 0 Å². The summed E-state index contributed by atoms with van der Waals surface area (Å²) in [5.74, 6) is 1.12. The van der Waals surface area contributed by atoms with Crippen molar-refractivity contribution >= 4 is 21.8 Å². The summed E-state index contributed by atoms with van der Waals surface area (Å²) in [5.41, 5.74) is 6.10. The second-order valence-electron chi connectivity index (χ2n) is 4.27. The lowest BCUT2D eigenvalue weighted by Gasteiger charge is -2.04. The zero-order chi connectivity index (χ0) is 11.3. The Morgan fingerprint density at radius 3 is 1.88 bits per heavy atom. The van der Waals surface area contributed by atoms with Gasteiger partial charge in [-0.3, -0.25) is 4.21 Å². The Kier molecular flexibility index (Phi) is 2.07. The molecular formula is C12H12N2OS. The molecule has 0 radical (unpaired) electrons. The van der Waals surface area contributed by atoms with Crippen LogP contribution >= 0.6 is 0 Å². The fraction of sp³-hybridized carbons (Fsp3) is 0.333. The molecule has 0 N–H and O–H groups in total. The first-order valence-electron chi connectivity index (χ1n) is 5.25. The molecule has 0 saturated carbocycles. The zero-order valence-electron chi connectivity index (χ0n) is 9.28. The number of hydrogen-bond acceptors (Lipinski definition) is 3. The normalized spacial score (nSPS) is 15.6. The van der Waals surface area contributed by atoms with E-state index in [1.807, 2.05) is 0 Å². The number of benzene rings is 1. The minimum absolute atomic E-state index is 0.561. The third-order valence-corrected chi connectivity index (χ3v) is 4.22. The number of aryl methyl sites for hydroxylation is 2. The van der Waals surface area contributed by atoms with Crippen LogP contribution in [0.2, 0.25) is 0 Å². The van der Waals surface area contributed by atoms with E-state index < -0.39 is 10.8 Å². The number of hydrogen-bond donors (Lipinski definition) is 0. The number of aromatic nitrogens is 2.